The lowest BCUT2D eigenvalue weighted by Gasteiger charge is -2.39. The van der Waals surface area contributed by atoms with Gasteiger partial charge in [-0.25, -0.2) is 0 Å². The number of rotatable bonds is 3. The molecule has 0 unspecified atom stereocenters. The van der Waals surface area contributed by atoms with Gasteiger partial charge in [0.15, 0.2) is 0 Å². The summed E-state index contributed by atoms with van der Waals surface area (Å²) in [4.78, 5) is 2.58. The van der Waals surface area contributed by atoms with Crippen molar-refractivity contribution < 1.29 is 9.47 Å². The van der Waals surface area contributed by atoms with E-state index in [0.717, 1.165) is 39.3 Å². The third kappa shape index (κ3) is 2.83. The third-order valence-electron chi connectivity index (χ3n) is 4.42. The SMILES string of the molecule is C[C@@H]1OCC[C@@H]1[C@H](c1ccccc1)N1CCOCC1. The Morgan fingerprint density at radius 2 is 1.84 bits per heavy atom. The van der Waals surface area contributed by atoms with Crippen LogP contribution in [0.3, 0.4) is 0 Å². The summed E-state index contributed by atoms with van der Waals surface area (Å²) < 4.78 is 11.3. The van der Waals surface area contributed by atoms with E-state index < -0.39 is 0 Å². The Kier molecular flexibility index (Phi) is 4.16. The molecule has 104 valence electrons. The van der Waals surface area contributed by atoms with E-state index in [-0.39, 0.29) is 0 Å². The van der Waals surface area contributed by atoms with Crippen LogP contribution in [0.15, 0.2) is 30.3 Å². The molecular formula is C16H23NO2. The van der Waals surface area contributed by atoms with Gasteiger partial charge in [-0.1, -0.05) is 30.3 Å². The molecule has 3 rings (SSSR count). The molecule has 3 atom stereocenters. The maximum Gasteiger partial charge on any atom is 0.0594 e. The van der Waals surface area contributed by atoms with Crippen molar-refractivity contribution in [1.82, 2.24) is 4.90 Å². The summed E-state index contributed by atoms with van der Waals surface area (Å²) in [6.45, 7) is 6.88. The van der Waals surface area contributed by atoms with Gasteiger partial charge >= 0.3 is 0 Å². The summed E-state index contributed by atoms with van der Waals surface area (Å²) in [5, 5.41) is 0. The van der Waals surface area contributed by atoms with Gasteiger partial charge in [-0.05, 0) is 18.9 Å². The Hall–Kier alpha value is -0.900. The largest absolute Gasteiger partial charge is 0.379 e. The maximum absolute atomic E-state index is 5.80. The maximum atomic E-state index is 5.80. The number of benzene rings is 1. The number of nitrogens with zero attached hydrogens (tertiary/aromatic N) is 1. The van der Waals surface area contributed by atoms with Crippen molar-refractivity contribution in [2.75, 3.05) is 32.9 Å². The molecule has 0 radical (unpaired) electrons. The second kappa shape index (κ2) is 6.04. The average molecular weight is 261 g/mol. The fourth-order valence-electron chi connectivity index (χ4n) is 3.40. The lowest BCUT2D eigenvalue weighted by Crippen LogP contribution is -2.43. The second-order valence-electron chi connectivity index (χ2n) is 5.53. The molecule has 0 amide bonds. The molecule has 3 heteroatoms. The van der Waals surface area contributed by atoms with Gasteiger partial charge in [0.25, 0.3) is 0 Å². The van der Waals surface area contributed by atoms with Crippen molar-refractivity contribution in [2.24, 2.45) is 5.92 Å². The highest BCUT2D eigenvalue weighted by Gasteiger charge is 2.36. The van der Waals surface area contributed by atoms with E-state index in [1.807, 2.05) is 0 Å². The molecule has 2 aliphatic rings. The lowest BCUT2D eigenvalue weighted by molar-refractivity contribution is -0.00961. The smallest absolute Gasteiger partial charge is 0.0594 e. The quantitative estimate of drug-likeness (QED) is 0.834. The van der Waals surface area contributed by atoms with Crippen molar-refractivity contribution >= 4 is 0 Å². The molecule has 2 saturated heterocycles. The Morgan fingerprint density at radius 1 is 1.11 bits per heavy atom. The van der Waals surface area contributed by atoms with Crippen LogP contribution in [0.4, 0.5) is 0 Å². The minimum absolute atomic E-state index is 0.355. The van der Waals surface area contributed by atoms with E-state index in [1.165, 1.54) is 5.56 Å². The Morgan fingerprint density at radius 3 is 2.47 bits per heavy atom. The normalized spacial score (nSPS) is 30.4. The summed E-state index contributed by atoms with van der Waals surface area (Å²) in [5.41, 5.74) is 1.42. The Bertz CT molecular complexity index is 389. The van der Waals surface area contributed by atoms with Crippen molar-refractivity contribution in [3.63, 3.8) is 0 Å². The molecule has 2 heterocycles. The first-order valence-corrected chi connectivity index (χ1v) is 7.34. The summed E-state index contributed by atoms with van der Waals surface area (Å²) in [5.74, 6) is 0.598. The molecule has 0 aromatic heterocycles. The van der Waals surface area contributed by atoms with Crippen LogP contribution in [0.5, 0.6) is 0 Å². The standard InChI is InChI=1S/C16H23NO2/c1-13-15(7-10-19-13)16(14-5-3-2-4-6-14)17-8-11-18-12-9-17/h2-6,13,15-16H,7-12H2,1H3/t13-,15-,16-/m0/s1. The van der Waals surface area contributed by atoms with Gasteiger partial charge in [-0.15, -0.1) is 0 Å². The van der Waals surface area contributed by atoms with Crippen LogP contribution in [0.2, 0.25) is 0 Å². The third-order valence-corrected chi connectivity index (χ3v) is 4.42. The van der Waals surface area contributed by atoms with Gasteiger partial charge in [0.1, 0.15) is 0 Å². The summed E-state index contributed by atoms with van der Waals surface area (Å²) in [6.07, 6.45) is 1.52. The monoisotopic (exact) mass is 261 g/mol. The van der Waals surface area contributed by atoms with Crippen LogP contribution in [-0.4, -0.2) is 43.9 Å². The number of hydrogen-bond acceptors (Lipinski definition) is 3. The molecule has 0 bridgehead atoms. The van der Waals surface area contributed by atoms with E-state index in [1.54, 1.807) is 0 Å². The highest BCUT2D eigenvalue weighted by atomic mass is 16.5. The number of ether oxygens (including phenoxy) is 2. The molecule has 0 N–H and O–H groups in total. The zero-order chi connectivity index (χ0) is 13.1. The molecule has 2 aliphatic heterocycles. The average Bonchev–Trinajstić information content (AvgIpc) is 2.88. The van der Waals surface area contributed by atoms with E-state index in [0.29, 0.717) is 18.1 Å². The van der Waals surface area contributed by atoms with Crippen LogP contribution < -0.4 is 0 Å². The fraction of sp³-hybridized carbons (Fsp3) is 0.625. The number of hydrogen-bond donors (Lipinski definition) is 0. The van der Waals surface area contributed by atoms with Gasteiger partial charge in [0, 0.05) is 31.7 Å². The molecule has 0 aliphatic carbocycles. The topological polar surface area (TPSA) is 21.7 Å². The summed E-state index contributed by atoms with van der Waals surface area (Å²) >= 11 is 0. The van der Waals surface area contributed by atoms with E-state index in [4.69, 9.17) is 9.47 Å². The molecule has 19 heavy (non-hydrogen) atoms. The molecule has 0 spiro atoms. The van der Waals surface area contributed by atoms with Gasteiger partial charge < -0.3 is 9.47 Å². The van der Waals surface area contributed by atoms with Crippen LogP contribution in [0, 0.1) is 5.92 Å². The van der Waals surface area contributed by atoms with Crippen LogP contribution in [0.25, 0.3) is 0 Å². The lowest BCUT2D eigenvalue weighted by atomic mass is 9.87. The minimum Gasteiger partial charge on any atom is -0.379 e. The van der Waals surface area contributed by atoms with Crippen molar-refractivity contribution in [2.45, 2.75) is 25.5 Å². The van der Waals surface area contributed by atoms with Gasteiger partial charge in [0.2, 0.25) is 0 Å². The van der Waals surface area contributed by atoms with Gasteiger partial charge in [0.05, 0.1) is 19.3 Å². The number of morpholine rings is 1. The summed E-state index contributed by atoms with van der Waals surface area (Å²) in [7, 11) is 0. The first-order chi connectivity index (χ1) is 9.36. The summed E-state index contributed by atoms with van der Waals surface area (Å²) in [6, 6.07) is 11.4. The molecule has 2 fully saturated rings. The molecular weight excluding hydrogens is 238 g/mol. The zero-order valence-electron chi connectivity index (χ0n) is 11.6. The Labute approximate surface area is 115 Å². The second-order valence-corrected chi connectivity index (χ2v) is 5.53. The molecule has 3 nitrogen and oxygen atoms in total. The predicted octanol–water partition coefficient (Wildman–Crippen LogP) is 2.48. The van der Waals surface area contributed by atoms with Crippen LogP contribution in [0.1, 0.15) is 24.9 Å². The van der Waals surface area contributed by atoms with Gasteiger partial charge in [-0.3, -0.25) is 4.90 Å². The van der Waals surface area contributed by atoms with Crippen LogP contribution in [-0.2, 0) is 9.47 Å². The van der Waals surface area contributed by atoms with Crippen LogP contribution >= 0.6 is 0 Å². The first-order valence-electron chi connectivity index (χ1n) is 7.34. The molecule has 0 saturated carbocycles. The first kappa shape index (κ1) is 13.1. The fourth-order valence-corrected chi connectivity index (χ4v) is 3.40. The van der Waals surface area contributed by atoms with E-state index in [9.17, 15) is 0 Å². The van der Waals surface area contributed by atoms with Crippen molar-refractivity contribution in [3.8, 4) is 0 Å². The van der Waals surface area contributed by atoms with E-state index in [2.05, 4.69) is 42.2 Å². The highest BCUT2D eigenvalue weighted by molar-refractivity contribution is 5.21. The van der Waals surface area contributed by atoms with Crippen molar-refractivity contribution in [1.29, 1.82) is 0 Å². The highest BCUT2D eigenvalue weighted by Crippen LogP contribution is 2.37. The molecule has 1 aromatic carbocycles. The van der Waals surface area contributed by atoms with Crippen molar-refractivity contribution in [3.05, 3.63) is 35.9 Å². The zero-order valence-corrected chi connectivity index (χ0v) is 11.6. The van der Waals surface area contributed by atoms with Gasteiger partial charge in [-0.2, -0.15) is 0 Å². The predicted molar refractivity (Wildman–Crippen MR) is 75.1 cm³/mol. The Balaban J connectivity index is 1.86. The minimum atomic E-state index is 0.355. The van der Waals surface area contributed by atoms with E-state index >= 15 is 0 Å². The molecule has 1 aromatic rings.